The number of imide groups is 2. The lowest BCUT2D eigenvalue weighted by Crippen LogP contribution is -2.54. The first-order chi connectivity index (χ1) is 16.7. The molecule has 2 aromatic carbocycles. The Morgan fingerprint density at radius 3 is 2.51 bits per heavy atom. The molecule has 35 heavy (non-hydrogen) atoms. The van der Waals surface area contributed by atoms with Crippen molar-refractivity contribution in [1.82, 2.24) is 15.5 Å². The highest BCUT2D eigenvalue weighted by Crippen LogP contribution is 2.28. The van der Waals surface area contributed by atoms with E-state index in [1.54, 1.807) is 36.4 Å². The monoisotopic (exact) mass is 476 g/mol. The van der Waals surface area contributed by atoms with Crippen LogP contribution in [0.1, 0.15) is 51.1 Å². The molecule has 2 aromatic rings. The van der Waals surface area contributed by atoms with Crippen LogP contribution in [-0.2, 0) is 25.6 Å². The van der Waals surface area contributed by atoms with Gasteiger partial charge >= 0.3 is 11.8 Å². The number of rotatable bonds is 6. The lowest BCUT2D eigenvalue weighted by atomic mass is 10.0. The second-order valence-electron chi connectivity index (χ2n) is 8.51. The van der Waals surface area contributed by atoms with E-state index in [0.717, 1.165) is 16.0 Å². The molecule has 2 aliphatic heterocycles. The van der Waals surface area contributed by atoms with Crippen LogP contribution in [-0.4, -0.2) is 52.9 Å². The van der Waals surface area contributed by atoms with Crippen LogP contribution in [0.25, 0.3) is 0 Å². The molecule has 0 radical (unpaired) electrons. The van der Waals surface area contributed by atoms with E-state index in [9.17, 15) is 28.8 Å². The highest BCUT2D eigenvalue weighted by Gasteiger charge is 2.44. The van der Waals surface area contributed by atoms with Crippen molar-refractivity contribution in [2.75, 3.05) is 11.9 Å². The van der Waals surface area contributed by atoms with Gasteiger partial charge in [-0.15, -0.1) is 0 Å². The van der Waals surface area contributed by atoms with E-state index >= 15 is 0 Å². The fourth-order valence-electron chi connectivity index (χ4n) is 4.16. The quantitative estimate of drug-likeness (QED) is 0.324. The maximum absolute atomic E-state index is 12.9. The van der Waals surface area contributed by atoms with E-state index in [-0.39, 0.29) is 30.5 Å². The number of hydrogen-bond donors (Lipinski definition) is 3. The highest BCUT2D eigenvalue weighted by atomic mass is 16.2. The van der Waals surface area contributed by atoms with Gasteiger partial charge in [-0.3, -0.25) is 39.0 Å². The molecule has 1 unspecified atom stereocenters. The number of carbonyl (C=O) groups excluding carboxylic acids is 6. The molecule has 0 bridgehead atoms. The molecule has 1 saturated heterocycles. The molecule has 6 amide bonds. The summed E-state index contributed by atoms with van der Waals surface area (Å²) in [6.07, 6.45) is 1.15. The van der Waals surface area contributed by atoms with E-state index in [0.29, 0.717) is 18.5 Å². The van der Waals surface area contributed by atoms with Crippen LogP contribution in [0.5, 0.6) is 0 Å². The van der Waals surface area contributed by atoms with Crippen molar-refractivity contribution in [1.29, 1.82) is 0 Å². The Labute approximate surface area is 201 Å². The first-order valence-corrected chi connectivity index (χ1v) is 11.2. The number of fused-ring (bicyclic) bond motifs is 1. The first kappa shape index (κ1) is 23.8. The molecule has 4 rings (SSSR count). The number of carbonyl (C=O) groups is 6. The fourth-order valence-corrected chi connectivity index (χ4v) is 4.16. The Morgan fingerprint density at radius 2 is 1.77 bits per heavy atom. The Morgan fingerprint density at radius 1 is 1.00 bits per heavy atom. The van der Waals surface area contributed by atoms with Crippen molar-refractivity contribution in [3.05, 3.63) is 64.7 Å². The van der Waals surface area contributed by atoms with Gasteiger partial charge in [-0.2, -0.15) is 0 Å². The summed E-state index contributed by atoms with van der Waals surface area (Å²) in [7, 11) is 0. The van der Waals surface area contributed by atoms with Crippen LogP contribution in [0, 0.1) is 6.92 Å². The zero-order valence-corrected chi connectivity index (χ0v) is 19.1. The van der Waals surface area contributed by atoms with Gasteiger partial charge in [0.05, 0.1) is 11.1 Å². The molecule has 0 saturated carbocycles. The molecule has 10 heteroatoms. The Hall–Kier alpha value is -4.34. The van der Waals surface area contributed by atoms with Gasteiger partial charge in [-0.05, 0) is 61.6 Å². The van der Waals surface area contributed by atoms with Crippen molar-refractivity contribution < 1.29 is 28.8 Å². The predicted molar refractivity (Wildman–Crippen MR) is 124 cm³/mol. The fraction of sp³-hybridized carbons (Fsp3) is 0.280. The number of nitrogens with one attached hydrogen (secondary N) is 3. The lowest BCUT2D eigenvalue weighted by molar-refractivity contribution is -0.136. The van der Waals surface area contributed by atoms with Crippen molar-refractivity contribution >= 4 is 41.1 Å². The summed E-state index contributed by atoms with van der Waals surface area (Å²) in [5.74, 6) is -3.71. The topological polar surface area (TPSA) is 142 Å². The maximum Gasteiger partial charge on any atom is 0.313 e. The molecule has 3 N–H and O–H groups in total. The summed E-state index contributed by atoms with van der Waals surface area (Å²) in [6.45, 7) is 2.12. The van der Waals surface area contributed by atoms with Crippen LogP contribution >= 0.6 is 0 Å². The Balaban J connectivity index is 1.30. The smallest absolute Gasteiger partial charge is 0.313 e. The number of nitrogens with zero attached hydrogens (tertiary/aromatic N) is 1. The minimum absolute atomic E-state index is 0.0593. The average Bonchev–Trinajstić information content (AvgIpc) is 3.06. The van der Waals surface area contributed by atoms with E-state index in [4.69, 9.17) is 0 Å². The van der Waals surface area contributed by atoms with E-state index < -0.39 is 41.5 Å². The first-order valence-electron chi connectivity index (χ1n) is 11.2. The molecule has 1 atom stereocenters. The van der Waals surface area contributed by atoms with E-state index in [1.807, 2.05) is 13.0 Å². The molecular formula is C25H24N4O6. The van der Waals surface area contributed by atoms with Gasteiger partial charge in [0, 0.05) is 18.7 Å². The van der Waals surface area contributed by atoms with Crippen molar-refractivity contribution in [3.63, 3.8) is 0 Å². The summed E-state index contributed by atoms with van der Waals surface area (Å²) in [6, 6.07) is 11.0. The minimum atomic E-state index is -1.01. The second kappa shape index (κ2) is 9.88. The number of anilines is 1. The van der Waals surface area contributed by atoms with Gasteiger partial charge in [0.1, 0.15) is 6.04 Å². The standard InChI is InChI=1S/C25H24N4O6/c1-14-4-2-6-16(12-14)27-23(33)22(32)26-11-3-5-15-7-8-17-18(13-15)25(35)29(24(17)34)19-9-10-20(30)28-21(19)31/h2,4,6-8,12-13,19H,3,5,9-11H2,1H3,(H,26,32)(H,27,33)(H,28,30,31). The average molecular weight is 476 g/mol. The van der Waals surface area contributed by atoms with Gasteiger partial charge < -0.3 is 10.6 Å². The number of aryl methyl sites for hydroxylation is 2. The zero-order chi connectivity index (χ0) is 25.1. The zero-order valence-electron chi connectivity index (χ0n) is 19.1. The van der Waals surface area contributed by atoms with Crippen molar-refractivity contribution in [2.24, 2.45) is 0 Å². The van der Waals surface area contributed by atoms with Crippen molar-refractivity contribution in [2.45, 2.75) is 38.6 Å². The molecule has 2 heterocycles. The van der Waals surface area contributed by atoms with Crippen LogP contribution < -0.4 is 16.0 Å². The Kier molecular flexibility index (Phi) is 6.72. The number of amides is 6. The largest absolute Gasteiger partial charge is 0.348 e. The van der Waals surface area contributed by atoms with Crippen LogP contribution in [0.4, 0.5) is 5.69 Å². The SMILES string of the molecule is Cc1cccc(NC(=O)C(=O)NCCCc2ccc3c(c2)C(=O)N(C2CCC(=O)NC2=O)C3=O)c1. The van der Waals surface area contributed by atoms with E-state index in [1.165, 1.54) is 0 Å². The van der Waals surface area contributed by atoms with Gasteiger partial charge in [-0.25, -0.2) is 0 Å². The summed E-state index contributed by atoms with van der Waals surface area (Å²) >= 11 is 0. The summed E-state index contributed by atoms with van der Waals surface area (Å²) in [5.41, 5.74) is 2.68. The highest BCUT2D eigenvalue weighted by molar-refractivity contribution is 6.39. The van der Waals surface area contributed by atoms with Crippen LogP contribution in [0.3, 0.4) is 0 Å². The third-order valence-electron chi connectivity index (χ3n) is 5.91. The Bertz CT molecular complexity index is 1250. The summed E-state index contributed by atoms with van der Waals surface area (Å²) in [4.78, 5) is 74.2. The molecule has 10 nitrogen and oxygen atoms in total. The van der Waals surface area contributed by atoms with E-state index in [2.05, 4.69) is 16.0 Å². The summed E-state index contributed by atoms with van der Waals surface area (Å²) < 4.78 is 0. The van der Waals surface area contributed by atoms with Crippen LogP contribution in [0.2, 0.25) is 0 Å². The lowest BCUT2D eigenvalue weighted by Gasteiger charge is -2.27. The minimum Gasteiger partial charge on any atom is -0.348 e. The molecule has 0 aromatic heterocycles. The number of piperidine rings is 1. The third-order valence-corrected chi connectivity index (χ3v) is 5.91. The molecule has 2 aliphatic rings. The maximum atomic E-state index is 12.9. The molecule has 0 spiro atoms. The normalized spacial score (nSPS) is 17.2. The third kappa shape index (κ3) is 5.11. The van der Waals surface area contributed by atoms with Crippen LogP contribution in [0.15, 0.2) is 42.5 Å². The van der Waals surface area contributed by atoms with Crippen molar-refractivity contribution in [3.8, 4) is 0 Å². The molecular weight excluding hydrogens is 452 g/mol. The number of hydrogen-bond acceptors (Lipinski definition) is 6. The molecule has 1 fully saturated rings. The van der Waals surface area contributed by atoms with Gasteiger partial charge in [0.15, 0.2) is 0 Å². The molecule has 180 valence electrons. The second-order valence-corrected chi connectivity index (χ2v) is 8.51. The van der Waals surface area contributed by atoms with Gasteiger partial charge in [0.25, 0.3) is 11.8 Å². The van der Waals surface area contributed by atoms with Gasteiger partial charge in [0.2, 0.25) is 11.8 Å². The molecule has 0 aliphatic carbocycles. The summed E-state index contributed by atoms with van der Waals surface area (Å²) in [5, 5.41) is 7.27. The predicted octanol–water partition coefficient (Wildman–Crippen LogP) is 1.08. The number of benzene rings is 2. The van der Waals surface area contributed by atoms with Gasteiger partial charge in [-0.1, -0.05) is 18.2 Å².